The maximum atomic E-state index is 12.8. The molecule has 1 fully saturated rings. The first kappa shape index (κ1) is 20.7. The first-order valence-corrected chi connectivity index (χ1v) is 9.71. The molecule has 1 saturated heterocycles. The zero-order chi connectivity index (χ0) is 21.0. The minimum absolute atomic E-state index is 0.132. The fourth-order valence-corrected chi connectivity index (χ4v) is 3.75. The molecule has 0 unspecified atom stereocenters. The molecule has 0 N–H and O–H groups in total. The zero-order valence-electron chi connectivity index (χ0n) is 17.4. The maximum absolute atomic E-state index is 12.8. The maximum Gasteiger partial charge on any atom is 0.338 e. The van der Waals surface area contributed by atoms with Crippen LogP contribution in [-0.2, 0) is 9.53 Å². The lowest BCUT2D eigenvalue weighted by molar-refractivity contribution is -0.135. The highest BCUT2D eigenvalue weighted by molar-refractivity contribution is 5.93. The Morgan fingerprint density at radius 1 is 1.10 bits per heavy atom. The molecule has 0 radical (unpaired) electrons. The molecule has 1 atom stereocenters. The Morgan fingerprint density at radius 3 is 2.62 bits per heavy atom. The summed E-state index contributed by atoms with van der Waals surface area (Å²) < 4.78 is 16.2. The van der Waals surface area contributed by atoms with Crippen LogP contribution in [0.1, 0.15) is 45.9 Å². The molecule has 3 rings (SSSR count). The van der Waals surface area contributed by atoms with E-state index in [1.54, 1.807) is 25.2 Å². The number of rotatable bonds is 6. The molecule has 1 aliphatic rings. The largest absolute Gasteiger partial charge is 0.497 e. The van der Waals surface area contributed by atoms with Gasteiger partial charge < -0.3 is 19.1 Å². The van der Waals surface area contributed by atoms with Crippen LogP contribution in [0.3, 0.4) is 0 Å². The monoisotopic (exact) mass is 397 g/mol. The van der Waals surface area contributed by atoms with E-state index in [-0.39, 0.29) is 18.6 Å². The van der Waals surface area contributed by atoms with Crippen molar-refractivity contribution < 1.29 is 23.8 Å². The molecule has 2 aromatic rings. The van der Waals surface area contributed by atoms with Crippen LogP contribution in [0, 0.1) is 13.8 Å². The SMILES string of the molecule is COc1ccc(OC)c([C@@H]2CCCN2C(=O)COC(=O)c2cccc(C)c2C)c1. The Morgan fingerprint density at radius 2 is 1.90 bits per heavy atom. The number of methoxy groups -OCH3 is 2. The van der Waals surface area contributed by atoms with Crippen molar-refractivity contribution >= 4 is 11.9 Å². The summed E-state index contributed by atoms with van der Waals surface area (Å²) in [6.07, 6.45) is 1.70. The van der Waals surface area contributed by atoms with Gasteiger partial charge >= 0.3 is 5.97 Å². The number of nitrogens with zero attached hydrogens (tertiary/aromatic N) is 1. The molecule has 1 aliphatic heterocycles. The average Bonchev–Trinajstić information content (AvgIpc) is 3.23. The summed E-state index contributed by atoms with van der Waals surface area (Å²) in [5.41, 5.74) is 3.27. The van der Waals surface area contributed by atoms with Crippen molar-refractivity contribution in [2.24, 2.45) is 0 Å². The van der Waals surface area contributed by atoms with Gasteiger partial charge in [0.1, 0.15) is 11.5 Å². The number of carbonyl (C=O) groups excluding carboxylic acids is 2. The number of amides is 1. The minimum Gasteiger partial charge on any atom is -0.497 e. The summed E-state index contributed by atoms with van der Waals surface area (Å²) in [6, 6.07) is 10.9. The van der Waals surface area contributed by atoms with E-state index in [2.05, 4.69) is 0 Å². The fourth-order valence-electron chi connectivity index (χ4n) is 3.75. The fraction of sp³-hybridized carbons (Fsp3) is 0.391. The van der Waals surface area contributed by atoms with E-state index in [4.69, 9.17) is 14.2 Å². The smallest absolute Gasteiger partial charge is 0.338 e. The molecular weight excluding hydrogens is 370 g/mol. The predicted octanol–water partition coefficient (Wildman–Crippen LogP) is 3.84. The highest BCUT2D eigenvalue weighted by Crippen LogP contribution is 2.38. The summed E-state index contributed by atoms with van der Waals surface area (Å²) in [5.74, 6) is 0.731. The van der Waals surface area contributed by atoms with Crippen molar-refractivity contribution in [1.29, 1.82) is 0 Å². The summed E-state index contributed by atoms with van der Waals surface area (Å²) in [4.78, 5) is 27.0. The minimum atomic E-state index is -0.478. The summed E-state index contributed by atoms with van der Waals surface area (Å²) in [5, 5.41) is 0. The van der Waals surface area contributed by atoms with E-state index in [0.29, 0.717) is 23.6 Å². The lowest BCUT2D eigenvalue weighted by Crippen LogP contribution is -2.34. The van der Waals surface area contributed by atoms with Gasteiger partial charge in [0.15, 0.2) is 6.61 Å². The molecule has 0 bridgehead atoms. The van der Waals surface area contributed by atoms with Crippen LogP contribution in [0.25, 0.3) is 0 Å². The predicted molar refractivity (Wildman–Crippen MR) is 109 cm³/mol. The van der Waals surface area contributed by atoms with Crippen molar-refractivity contribution in [2.75, 3.05) is 27.4 Å². The third-order valence-corrected chi connectivity index (χ3v) is 5.52. The highest BCUT2D eigenvalue weighted by atomic mass is 16.5. The van der Waals surface area contributed by atoms with Crippen LogP contribution in [-0.4, -0.2) is 44.1 Å². The van der Waals surface area contributed by atoms with E-state index in [1.165, 1.54) is 0 Å². The van der Waals surface area contributed by atoms with Gasteiger partial charge in [-0.1, -0.05) is 12.1 Å². The van der Waals surface area contributed by atoms with Gasteiger partial charge in [0, 0.05) is 12.1 Å². The van der Waals surface area contributed by atoms with Gasteiger partial charge in [0.05, 0.1) is 25.8 Å². The van der Waals surface area contributed by atoms with Crippen molar-refractivity contribution in [3.8, 4) is 11.5 Å². The Hall–Kier alpha value is -3.02. The van der Waals surface area contributed by atoms with Crippen LogP contribution in [0.15, 0.2) is 36.4 Å². The number of aryl methyl sites for hydroxylation is 1. The Bertz CT molecular complexity index is 908. The summed E-state index contributed by atoms with van der Waals surface area (Å²) in [7, 11) is 3.22. The molecule has 0 aliphatic carbocycles. The van der Waals surface area contributed by atoms with E-state index < -0.39 is 5.97 Å². The normalized spacial score (nSPS) is 15.9. The number of hydrogen-bond acceptors (Lipinski definition) is 5. The van der Waals surface area contributed by atoms with Crippen LogP contribution in [0.5, 0.6) is 11.5 Å². The first-order valence-electron chi connectivity index (χ1n) is 9.71. The molecule has 6 heteroatoms. The van der Waals surface area contributed by atoms with Gasteiger partial charge in [0.25, 0.3) is 5.91 Å². The topological polar surface area (TPSA) is 65.1 Å². The second-order valence-electron chi connectivity index (χ2n) is 7.18. The van der Waals surface area contributed by atoms with Gasteiger partial charge in [-0.2, -0.15) is 0 Å². The van der Waals surface area contributed by atoms with Crippen LogP contribution < -0.4 is 9.47 Å². The van der Waals surface area contributed by atoms with Gasteiger partial charge in [-0.15, -0.1) is 0 Å². The van der Waals surface area contributed by atoms with Crippen molar-refractivity contribution in [3.63, 3.8) is 0 Å². The molecule has 1 heterocycles. The van der Waals surface area contributed by atoms with Gasteiger partial charge in [-0.05, 0) is 62.1 Å². The van der Waals surface area contributed by atoms with Gasteiger partial charge in [-0.3, -0.25) is 4.79 Å². The number of hydrogen-bond donors (Lipinski definition) is 0. The van der Waals surface area contributed by atoms with Gasteiger partial charge in [-0.25, -0.2) is 4.79 Å². The van der Waals surface area contributed by atoms with Crippen LogP contribution in [0.4, 0.5) is 0 Å². The molecule has 0 saturated carbocycles. The Labute approximate surface area is 171 Å². The molecule has 0 aromatic heterocycles. The number of likely N-dealkylation sites (tertiary alicyclic amines) is 1. The lowest BCUT2D eigenvalue weighted by atomic mass is 10.0. The van der Waals surface area contributed by atoms with Crippen LogP contribution in [0.2, 0.25) is 0 Å². The number of carbonyl (C=O) groups is 2. The van der Waals surface area contributed by atoms with E-state index >= 15 is 0 Å². The second-order valence-corrected chi connectivity index (χ2v) is 7.18. The van der Waals surface area contributed by atoms with E-state index in [1.807, 2.05) is 44.2 Å². The third-order valence-electron chi connectivity index (χ3n) is 5.52. The van der Waals surface area contributed by atoms with Gasteiger partial charge in [0.2, 0.25) is 0 Å². The third kappa shape index (κ3) is 4.36. The Balaban J connectivity index is 1.72. The molecule has 0 spiro atoms. The van der Waals surface area contributed by atoms with E-state index in [9.17, 15) is 9.59 Å². The van der Waals surface area contributed by atoms with Crippen molar-refractivity contribution in [1.82, 2.24) is 4.90 Å². The molecule has 2 aromatic carbocycles. The van der Waals surface area contributed by atoms with E-state index in [0.717, 1.165) is 29.5 Å². The van der Waals surface area contributed by atoms with Crippen molar-refractivity contribution in [3.05, 3.63) is 58.7 Å². The molecular formula is C23H27NO5. The summed E-state index contributed by atoms with van der Waals surface area (Å²) >= 11 is 0. The number of ether oxygens (including phenoxy) is 3. The standard InChI is InChI=1S/C23H27NO5/c1-15-7-5-8-18(16(15)2)23(26)29-14-22(25)24-12-6-9-20(24)19-13-17(27-3)10-11-21(19)28-4/h5,7-8,10-11,13,20H,6,9,12,14H2,1-4H3/t20-/m0/s1. The summed E-state index contributed by atoms with van der Waals surface area (Å²) in [6.45, 7) is 4.15. The molecule has 1 amide bonds. The molecule has 29 heavy (non-hydrogen) atoms. The average molecular weight is 397 g/mol. The molecule has 154 valence electrons. The second kappa shape index (κ2) is 8.99. The molecule has 6 nitrogen and oxygen atoms in total. The number of benzene rings is 2. The zero-order valence-corrected chi connectivity index (χ0v) is 17.4. The van der Waals surface area contributed by atoms with Crippen molar-refractivity contribution in [2.45, 2.75) is 32.7 Å². The quantitative estimate of drug-likeness (QED) is 0.693. The van der Waals surface area contributed by atoms with Crippen LogP contribution >= 0.6 is 0 Å². The Kier molecular flexibility index (Phi) is 6.42. The first-order chi connectivity index (χ1) is 14.0. The number of esters is 1. The highest BCUT2D eigenvalue weighted by Gasteiger charge is 2.32. The lowest BCUT2D eigenvalue weighted by Gasteiger charge is -2.26.